The normalized spacial score (nSPS) is 10.8. The molecule has 0 aliphatic rings. The fourth-order valence-electron chi connectivity index (χ4n) is 3.24. The Kier molecular flexibility index (Phi) is 7.82. The first-order chi connectivity index (χ1) is 16.7. The molecule has 2 heterocycles. The number of carbonyl (C=O) groups is 1. The average molecular weight is 480 g/mol. The number of carbonyl (C=O) groups excluding carboxylic acids is 1. The lowest BCUT2D eigenvalue weighted by Crippen LogP contribution is -2.29. The van der Waals surface area contributed by atoms with Gasteiger partial charge in [0, 0.05) is 17.4 Å². The third kappa shape index (κ3) is 5.76. The fraction of sp³-hybridized carbons (Fsp3) is 0.250. The minimum Gasteiger partial charge on any atom is -0.493 e. The van der Waals surface area contributed by atoms with E-state index >= 15 is 0 Å². The number of fused-ring (bicyclic) bond motifs is 1. The van der Waals surface area contributed by atoms with E-state index in [9.17, 15) is 4.79 Å². The van der Waals surface area contributed by atoms with Gasteiger partial charge < -0.3 is 19.5 Å². The molecule has 176 valence electrons. The Labute approximate surface area is 201 Å². The second kappa shape index (κ2) is 11.4. The van der Waals surface area contributed by atoms with E-state index in [1.807, 2.05) is 30.3 Å². The number of aromatic nitrogens is 4. The first-order valence-electron chi connectivity index (χ1n) is 10.6. The molecule has 0 aliphatic carbocycles. The molecule has 10 heteroatoms. The van der Waals surface area contributed by atoms with Gasteiger partial charge in [0.2, 0.25) is 11.8 Å². The minimum atomic E-state index is -0.0255. The first-order valence-corrected chi connectivity index (χ1v) is 11.8. The predicted octanol–water partition coefficient (Wildman–Crippen LogP) is 3.24. The molecule has 0 bridgehead atoms. The lowest BCUT2D eigenvalue weighted by molar-refractivity contribution is -0.118. The van der Waals surface area contributed by atoms with Crippen molar-refractivity contribution in [2.45, 2.75) is 5.75 Å². The van der Waals surface area contributed by atoms with Crippen LogP contribution in [0.15, 0.2) is 60.7 Å². The number of amides is 1. The summed E-state index contributed by atoms with van der Waals surface area (Å²) in [5.41, 5.74) is 2.56. The molecule has 34 heavy (non-hydrogen) atoms. The van der Waals surface area contributed by atoms with E-state index in [0.29, 0.717) is 47.8 Å². The van der Waals surface area contributed by atoms with Crippen molar-refractivity contribution in [2.24, 2.45) is 0 Å². The smallest absolute Gasteiger partial charge is 0.231 e. The van der Waals surface area contributed by atoms with Crippen LogP contribution in [-0.4, -0.2) is 58.8 Å². The molecule has 4 rings (SSSR count). The topological polar surface area (TPSA) is 99.9 Å². The number of hydrogen-bond acceptors (Lipinski definition) is 8. The highest BCUT2D eigenvalue weighted by Gasteiger charge is 2.13. The SMILES string of the molecule is COc1ccc(-c2nnc3ccc(OCCNC(=O)CSCc4ccccc4)nn23)cc1OC. The van der Waals surface area contributed by atoms with Gasteiger partial charge in [-0.05, 0) is 29.8 Å². The largest absolute Gasteiger partial charge is 0.493 e. The molecule has 2 aromatic heterocycles. The fourth-order valence-corrected chi connectivity index (χ4v) is 4.05. The summed E-state index contributed by atoms with van der Waals surface area (Å²) >= 11 is 1.58. The molecular formula is C24H25N5O4S. The van der Waals surface area contributed by atoms with Gasteiger partial charge in [-0.25, -0.2) is 0 Å². The molecule has 1 N–H and O–H groups in total. The van der Waals surface area contributed by atoms with Crippen LogP contribution in [0.25, 0.3) is 17.0 Å². The maximum atomic E-state index is 12.0. The van der Waals surface area contributed by atoms with Crippen LogP contribution in [-0.2, 0) is 10.5 Å². The molecule has 0 unspecified atom stereocenters. The summed E-state index contributed by atoms with van der Waals surface area (Å²) in [4.78, 5) is 12.0. The van der Waals surface area contributed by atoms with Gasteiger partial charge in [0.05, 0.1) is 26.5 Å². The summed E-state index contributed by atoms with van der Waals surface area (Å²) in [5.74, 6) is 3.33. The van der Waals surface area contributed by atoms with Gasteiger partial charge in [-0.3, -0.25) is 4.79 Å². The van der Waals surface area contributed by atoms with Gasteiger partial charge in [0.1, 0.15) is 6.61 Å². The molecular weight excluding hydrogens is 454 g/mol. The zero-order chi connectivity index (χ0) is 23.8. The summed E-state index contributed by atoms with van der Waals surface area (Å²) in [6.45, 7) is 0.677. The van der Waals surface area contributed by atoms with E-state index in [2.05, 4.69) is 32.7 Å². The summed E-state index contributed by atoms with van der Waals surface area (Å²) in [6, 6.07) is 19.0. The molecule has 1 amide bonds. The quantitative estimate of drug-likeness (QED) is 0.327. The molecule has 0 atom stereocenters. The number of hydrogen-bond donors (Lipinski definition) is 1. The van der Waals surface area contributed by atoms with Crippen molar-refractivity contribution in [1.29, 1.82) is 0 Å². The Morgan fingerprint density at radius 1 is 1.00 bits per heavy atom. The number of methoxy groups -OCH3 is 2. The maximum Gasteiger partial charge on any atom is 0.231 e. The number of nitrogens with one attached hydrogen (secondary N) is 1. The highest BCUT2D eigenvalue weighted by molar-refractivity contribution is 7.99. The van der Waals surface area contributed by atoms with Crippen LogP contribution in [0.3, 0.4) is 0 Å². The van der Waals surface area contributed by atoms with E-state index in [-0.39, 0.29) is 5.91 Å². The monoisotopic (exact) mass is 479 g/mol. The van der Waals surface area contributed by atoms with E-state index in [1.54, 1.807) is 48.7 Å². The van der Waals surface area contributed by atoms with E-state index in [1.165, 1.54) is 5.56 Å². The highest BCUT2D eigenvalue weighted by atomic mass is 32.2. The standard InChI is InChI=1S/C24H25N5O4S/c1-31-19-9-8-18(14-20(19)32-2)24-27-26-21-10-11-23(28-29(21)24)33-13-12-25-22(30)16-34-15-17-6-4-3-5-7-17/h3-11,14H,12-13,15-16H2,1-2H3,(H,25,30). The highest BCUT2D eigenvalue weighted by Crippen LogP contribution is 2.31. The van der Waals surface area contributed by atoms with E-state index in [0.717, 1.165) is 11.3 Å². The van der Waals surface area contributed by atoms with Crippen LogP contribution < -0.4 is 19.5 Å². The van der Waals surface area contributed by atoms with E-state index in [4.69, 9.17) is 14.2 Å². The van der Waals surface area contributed by atoms with Gasteiger partial charge >= 0.3 is 0 Å². The Morgan fingerprint density at radius 3 is 2.62 bits per heavy atom. The van der Waals surface area contributed by atoms with Gasteiger partial charge in [0.15, 0.2) is 23.0 Å². The Bertz CT molecular complexity index is 1250. The zero-order valence-electron chi connectivity index (χ0n) is 18.9. The lowest BCUT2D eigenvalue weighted by Gasteiger charge is -2.09. The molecule has 2 aromatic carbocycles. The number of benzene rings is 2. The molecule has 0 saturated carbocycles. The van der Waals surface area contributed by atoms with Crippen LogP contribution in [0.1, 0.15) is 5.56 Å². The second-order valence-corrected chi connectivity index (χ2v) is 8.20. The van der Waals surface area contributed by atoms with Crippen molar-refractivity contribution in [3.05, 3.63) is 66.2 Å². The minimum absolute atomic E-state index is 0.0255. The zero-order valence-corrected chi connectivity index (χ0v) is 19.7. The summed E-state index contributed by atoms with van der Waals surface area (Å²) in [5, 5.41) is 15.8. The van der Waals surface area contributed by atoms with Gasteiger partial charge in [-0.1, -0.05) is 30.3 Å². The van der Waals surface area contributed by atoms with Crippen LogP contribution in [0, 0.1) is 0 Å². The molecule has 0 aliphatic heterocycles. The van der Waals surface area contributed by atoms with Crippen LogP contribution >= 0.6 is 11.8 Å². The van der Waals surface area contributed by atoms with Crippen molar-refractivity contribution in [3.63, 3.8) is 0 Å². The summed E-state index contributed by atoms with van der Waals surface area (Å²) in [6.07, 6.45) is 0. The first kappa shape index (κ1) is 23.4. The third-order valence-electron chi connectivity index (χ3n) is 4.90. The van der Waals surface area contributed by atoms with Crippen molar-refractivity contribution in [3.8, 4) is 28.8 Å². The molecule has 0 spiro atoms. The van der Waals surface area contributed by atoms with Gasteiger partial charge in [0.25, 0.3) is 0 Å². The Hall–Kier alpha value is -3.79. The van der Waals surface area contributed by atoms with Gasteiger partial charge in [-0.2, -0.15) is 4.52 Å². The lowest BCUT2D eigenvalue weighted by atomic mass is 10.2. The van der Waals surface area contributed by atoms with Crippen molar-refractivity contribution >= 4 is 23.3 Å². The predicted molar refractivity (Wildman–Crippen MR) is 130 cm³/mol. The van der Waals surface area contributed by atoms with Crippen molar-refractivity contribution in [2.75, 3.05) is 33.1 Å². The Balaban J connectivity index is 1.31. The Morgan fingerprint density at radius 2 is 1.82 bits per heavy atom. The van der Waals surface area contributed by atoms with Crippen molar-refractivity contribution in [1.82, 2.24) is 25.1 Å². The molecule has 9 nitrogen and oxygen atoms in total. The number of nitrogens with zero attached hydrogens (tertiary/aromatic N) is 4. The van der Waals surface area contributed by atoms with Gasteiger partial charge in [-0.15, -0.1) is 27.1 Å². The van der Waals surface area contributed by atoms with E-state index < -0.39 is 0 Å². The van der Waals surface area contributed by atoms with Crippen LogP contribution in [0.2, 0.25) is 0 Å². The number of thioether (sulfide) groups is 1. The number of rotatable bonds is 11. The summed E-state index contributed by atoms with van der Waals surface area (Å²) < 4.78 is 18.0. The average Bonchev–Trinajstić information content (AvgIpc) is 3.30. The molecule has 0 fully saturated rings. The number of ether oxygens (including phenoxy) is 3. The molecule has 0 saturated heterocycles. The molecule has 0 radical (unpaired) electrons. The molecule has 4 aromatic rings. The van der Waals surface area contributed by atoms with Crippen LogP contribution in [0.4, 0.5) is 0 Å². The maximum absolute atomic E-state index is 12.0. The van der Waals surface area contributed by atoms with Crippen molar-refractivity contribution < 1.29 is 19.0 Å². The summed E-state index contributed by atoms with van der Waals surface area (Å²) in [7, 11) is 3.16. The van der Waals surface area contributed by atoms with Crippen LogP contribution in [0.5, 0.6) is 17.4 Å². The second-order valence-electron chi connectivity index (χ2n) is 7.21. The third-order valence-corrected chi connectivity index (χ3v) is 5.90.